The highest BCUT2D eigenvalue weighted by molar-refractivity contribution is 9.10. The molecule has 0 aliphatic heterocycles. The van der Waals surface area contributed by atoms with Gasteiger partial charge in [-0.25, -0.2) is 4.39 Å². The lowest BCUT2D eigenvalue weighted by molar-refractivity contribution is 0.290. The Morgan fingerprint density at radius 2 is 1.78 bits per heavy atom. The van der Waals surface area contributed by atoms with E-state index in [1.54, 1.807) is 12.1 Å². The number of benzene rings is 2. The summed E-state index contributed by atoms with van der Waals surface area (Å²) >= 11 is 3.45. The molecule has 1 atom stereocenters. The Kier molecular flexibility index (Phi) is 4.33. The molecule has 0 fully saturated rings. The third-order valence-electron chi connectivity index (χ3n) is 2.55. The zero-order valence-corrected chi connectivity index (χ0v) is 11.2. The van der Waals surface area contributed by atoms with Crippen molar-refractivity contribution >= 4 is 15.9 Å². The normalized spacial score (nSPS) is 12.2. The van der Waals surface area contributed by atoms with Gasteiger partial charge in [-0.05, 0) is 35.9 Å². The molecule has 2 rings (SSSR count). The topological polar surface area (TPSA) is 35.2 Å². The number of nitrogens with two attached hydrogens (primary N) is 1. The van der Waals surface area contributed by atoms with Crippen LogP contribution < -0.4 is 10.5 Å². The van der Waals surface area contributed by atoms with Gasteiger partial charge in [-0.3, -0.25) is 0 Å². The van der Waals surface area contributed by atoms with Crippen LogP contribution >= 0.6 is 15.9 Å². The molecule has 0 aliphatic carbocycles. The van der Waals surface area contributed by atoms with Crippen molar-refractivity contribution in [3.8, 4) is 5.75 Å². The van der Waals surface area contributed by atoms with Crippen molar-refractivity contribution in [1.29, 1.82) is 0 Å². The molecule has 2 nitrogen and oxygen atoms in total. The standard InChI is InChI=1S/C14H13BrFNO/c15-13-4-2-1-3-12(13)14(17)9-18-11-7-5-10(16)6-8-11/h1-8,14H,9,17H2. The third kappa shape index (κ3) is 3.31. The van der Waals surface area contributed by atoms with E-state index in [2.05, 4.69) is 15.9 Å². The van der Waals surface area contributed by atoms with E-state index in [1.165, 1.54) is 12.1 Å². The number of halogens is 2. The molecule has 0 radical (unpaired) electrons. The second-order valence-corrected chi connectivity index (χ2v) is 4.75. The molecule has 2 aromatic rings. The van der Waals surface area contributed by atoms with Crippen LogP contribution in [0.5, 0.6) is 5.75 Å². The Labute approximate surface area is 114 Å². The summed E-state index contributed by atoms with van der Waals surface area (Å²) in [4.78, 5) is 0. The average molecular weight is 310 g/mol. The largest absolute Gasteiger partial charge is 0.492 e. The maximum atomic E-state index is 12.7. The fourth-order valence-electron chi connectivity index (χ4n) is 1.58. The summed E-state index contributed by atoms with van der Waals surface area (Å²) < 4.78 is 19.2. The van der Waals surface area contributed by atoms with E-state index >= 15 is 0 Å². The minimum Gasteiger partial charge on any atom is -0.492 e. The molecule has 0 aliphatic rings. The van der Waals surface area contributed by atoms with Gasteiger partial charge in [0.25, 0.3) is 0 Å². The minimum atomic E-state index is -0.280. The van der Waals surface area contributed by atoms with Gasteiger partial charge in [0.05, 0.1) is 6.04 Å². The SMILES string of the molecule is NC(COc1ccc(F)cc1)c1ccccc1Br. The fraction of sp³-hybridized carbons (Fsp3) is 0.143. The van der Waals surface area contributed by atoms with Gasteiger partial charge in [0.2, 0.25) is 0 Å². The van der Waals surface area contributed by atoms with Crippen LogP contribution in [0.15, 0.2) is 53.0 Å². The first-order chi connectivity index (χ1) is 8.66. The van der Waals surface area contributed by atoms with Crippen LogP contribution in [0.3, 0.4) is 0 Å². The predicted octanol–water partition coefficient (Wildman–Crippen LogP) is 3.67. The van der Waals surface area contributed by atoms with E-state index in [4.69, 9.17) is 10.5 Å². The monoisotopic (exact) mass is 309 g/mol. The molecule has 0 amide bonds. The van der Waals surface area contributed by atoms with Crippen molar-refractivity contribution in [1.82, 2.24) is 0 Å². The highest BCUT2D eigenvalue weighted by atomic mass is 79.9. The van der Waals surface area contributed by atoms with E-state index < -0.39 is 0 Å². The lowest BCUT2D eigenvalue weighted by Gasteiger charge is -2.15. The van der Waals surface area contributed by atoms with Gasteiger partial charge in [0.15, 0.2) is 0 Å². The van der Waals surface area contributed by atoms with Crippen LogP contribution in [0.4, 0.5) is 4.39 Å². The molecule has 2 aromatic carbocycles. The Morgan fingerprint density at radius 1 is 1.11 bits per heavy atom. The number of rotatable bonds is 4. The molecule has 94 valence electrons. The van der Waals surface area contributed by atoms with Crippen molar-refractivity contribution < 1.29 is 9.13 Å². The zero-order chi connectivity index (χ0) is 13.0. The van der Waals surface area contributed by atoms with Gasteiger partial charge >= 0.3 is 0 Å². The highest BCUT2D eigenvalue weighted by Gasteiger charge is 2.09. The van der Waals surface area contributed by atoms with E-state index in [0.29, 0.717) is 12.4 Å². The second kappa shape index (κ2) is 5.98. The molecular weight excluding hydrogens is 297 g/mol. The second-order valence-electron chi connectivity index (χ2n) is 3.89. The van der Waals surface area contributed by atoms with Gasteiger partial charge in [-0.15, -0.1) is 0 Å². The first kappa shape index (κ1) is 13.1. The van der Waals surface area contributed by atoms with E-state index in [1.807, 2.05) is 24.3 Å². The fourth-order valence-corrected chi connectivity index (χ4v) is 2.16. The van der Waals surface area contributed by atoms with Crippen molar-refractivity contribution in [3.05, 3.63) is 64.4 Å². The smallest absolute Gasteiger partial charge is 0.123 e. The molecule has 1 unspecified atom stereocenters. The van der Waals surface area contributed by atoms with Crippen LogP contribution in [0.2, 0.25) is 0 Å². The molecular formula is C14H13BrFNO. The molecule has 2 N–H and O–H groups in total. The Balaban J connectivity index is 1.98. The van der Waals surface area contributed by atoms with Gasteiger partial charge in [0, 0.05) is 4.47 Å². The Morgan fingerprint density at radius 3 is 2.44 bits per heavy atom. The average Bonchev–Trinajstić information content (AvgIpc) is 2.38. The highest BCUT2D eigenvalue weighted by Crippen LogP contribution is 2.22. The molecule has 0 bridgehead atoms. The summed E-state index contributed by atoms with van der Waals surface area (Å²) in [6.07, 6.45) is 0. The maximum Gasteiger partial charge on any atom is 0.123 e. The maximum absolute atomic E-state index is 12.7. The van der Waals surface area contributed by atoms with Crippen LogP contribution in [-0.2, 0) is 0 Å². The van der Waals surface area contributed by atoms with Crippen LogP contribution in [0.25, 0.3) is 0 Å². The van der Waals surface area contributed by atoms with Gasteiger partial charge in [0.1, 0.15) is 18.2 Å². The summed E-state index contributed by atoms with van der Waals surface area (Å²) in [5.74, 6) is 0.330. The van der Waals surface area contributed by atoms with Crippen molar-refractivity contribution in [2.24, 2.45) is 5.73 Å². The number of hydrogen-bond donors (Lipinski definition) is 1. The first-order valence-corrected chi connectivity index (χ1v) is 6.34. The molecule has 0 aromatic heterocycles. The minimum absolute atomic E-state index is 0.231. The molecule has 0 saturated carbocycles. The van der Waals surface area contributed by atoms with E-state index in [-0.39, 0.29) is 11.9 Å². The molecule has 4 heteroatoms. The van der Waals surface area contributed by atoms with Crippen molar-refractivity contribution in [2.45, 2.75) is 6.04 Å². The summed E-state index contributed by atoms with van der Waals surface area (Å²) in [5, 5.41) is 0. The number of hydrogen-bond acceptors (Lipinski definition) is 2. The predicted molar refractivity (Wildman–Crippen MR) is 73.0 cm³/mol. The lowest BCUT2D eigenvalue weighted by Crippen LogP contribution is -2.19. The summed E-state index contributed by atoms with van der Waals surface area (Å²) in [6.45, 7) is 0.342. The third-order valence-corrected chi connectivity index (χ3v) is 3.27. The first-order valence-electron chi connectivity index (χ1n) is 5.55. The molecule has 18 heavy (non-hydrogen) atoms. The van der Waals surface area contributed by atoms with Crippen LogP contribution in [-0.4, -0.2) is 6.61 Å². The number of ether oxygens (including phenoxy) is 1. The summed E-state index contributed by atoms with van der Waals surface area (Å²) in [6, 6.07) is 13.4. The van der Waals surface area contributed by atoms with E-state index in [9.17, 15) is 4.39 Å². The summed E-state index contributed by atoms with van der Waals surface area (Å²) in [7, 11) is 0. The van der Waals surface area contributed by atoms with Crippen LogP contribution in [0, 0.1) is 5.82 Å². The van der Waals surface area contributed by atoms with Crippen molar-refractivity contribution in [2.75, 3.05) is 6.61 Å². The Bertz CT molecular complexity index is 515. The summed E-state index contributed by atoms with van der Waals surface area (Å²) in [5.41, 5.74) is 7.03. The van der Waals surface area contributed by atoms with Gasteiger partial charge in [-0.2, -0.15) is 0 Å². The molecule has 0 heterocycles. The lowest BCUT2D eigenvalue weighted by atomic mass is 10.1. The molecule has 0 spiro atoms. The van der Waals surface area contributed by atoms with Crippen LogP contribution in [0.1, 0.15) is 11.6 Å². The van der Waals surface area contributed by atoms with Crippen molar-refractivity contribution in [3.63, 3.8) is 0 Å². The Hall–Kier alpha value is -1.39. The zero-order valence-electron chi connectivity index (χ0n) is 9.64. The van der Waals surface area contributed by atoms with Gasteiger partial charge < -0.3 is 10.5 Å². The van der Waals surface area contributed by atoms with E-state index in [0.717, 1.165) is 10.0 Å². The van der Waals surface area contributed by atoms with Gasteiger partial charge in [-0.1, -0.05) is 34.1 Å². The molecule has 0 saturated heterocycles. The quantitative estimate of drug-likeness (QED) is 0.935.